The highest BCUT2D eigenvalue weighted by molar-refractivity contribution is 7.89. The number of hydrogen-bond acceptors (Lipinski definition) is 4. The van der Waals surface area contributed by atoms with E-state index in [0.29, 0.717) is 12.2 Å². The highest BCUT2D eigenvalue weighted by atomic mass is 32.2. The fourth-order valence-corrected chi connectivity index (χ4v) is 3.65. The lowest BCUT2D eigenvalue weighted by molar-refractivity contribution is -0.123. The summed E-state index contributed by atoms with van der Waals surface area (Å²) in [6, 6.07) is 10.1. The van der Waals surface area contributed by atoms with Crippen LogP contribution in [0, 0.1) is 11.7 Å². The van der Waals surface area contributed by atoms with E-state index in [-0.39, 0.29) is 34.1 Å². The molecule has 3 rings (SSSR count). The summed E-state index contributed by atoms with van der Waals surface area (Å²) in [6.45, 7) is 0. The maximum Gasteiger partial charge on any atom is 0.238 e. The lowest BCUT2D eigenvalue weighted by atomic mass is 9.69. The number of primary sulfonamides is 1. The third kappa shape index (κ3) is 3.71. The molecule has 26 heavy (non-hydrogen) atoms. The second-order valence-corrected chi connectivity index (χ2v) is 7.80. The Morgan fingerprint density at radius 3 is 2.42 bits per heavy atom. The van der Waals surface area contributed by atoms with Crippen LogP contribution in [0.3, 0.4) is 0 Å². The van der Waals surface area contributed by atoms with Crippen molar-refractivity contribution < 1.29 is 22.3 Å². The molecule has 1 amide bonds. The summed E-state index contributed by atoms with van der Waals surface area (Å²) >= 11 is 0. The smallest absolute Gasteiger partial charge is 0.238 e. The minimum absolute atomic E-state index is 0.00280. The third-order valence-electron chi connectivity index (χ3n) is 4.67. The molecule has 0 spiro atoms. The Hall–Kier alpha value is -2.45. The SMILES string of the molecule is COc1ccc(S(N)(=O)=O)cc1NC(=O)C1CCC1c1ccc(F)cc1. The van der Waals surface area contributed by atoms with Gasteiger partial charge in [-0.25, -0.2) is 17.9 Å². The predicted molar refractivity (Wildman–Crippen MR) is 94.9 cm³/mol. The molecule has 138 valence electrons. The predicted octanol–water partition coefficient (Wildman–Crippen LogP) is 2.61. The Kier molecular flexibility index (Phi) is 4.97. The number of rotatable bonds is 5. The first-order valence-corrected chi connectivity index (χ1v) is 9.61. The third-order valence-corrected chi connectivity index (χ3v) is 5.58. The summed E-state index contributed by atoms with van der Waals surface area (Å²) < 4.78 is 41.3. The van der Waals surface area contributed by atoms with Crippen molar-refractivity contribution in [1.82, 2.24) is 0 Å². The molecule has 0 bridgehead atoms. The van der Waals surface area contributed by atoms with Gasteiger partial charge in [0.2, 0.25) is 15.9 Å². The van der Waals surface area contributed by atoms with Gasteiger partial charge in [0.05, 0.1) is 17.7 Å². The van der Waals surface area contributed by atoms with Crippen LogP contribution < -0.4 is 15.2 Å². The summed E-state index contributed by atoms with van der Waals surface area (Å²) in [4.78, 5) is 12.5. The molecule has 1 aliphatic carbocycles. The van der Waals surface area contributed by atoms with Crippen molar-refractivity contribution in [1.29, 1.82) is 0 Å². The van der Waals surface area contributed by atoms with Gasteiger partial charge in [0.25, 0.3) is 0 Å². The first-order valence-electron chi connectivity index (χ1n) is 8.07. The quantitative estimate of drug-likeness (QED) is 0.835. The summed E-state index contributed by atoms with van der Waals surface area (Å²) in [5.74, 6) is -0.496. The topological polar surface area (TPSA) is 98.5 Å². The molecule has 1 aliphatic rings. The van der Waals surface area contributed by atoms with Crippen LogP contribution >= 0.6 is 0 Å². The molecule has 2 aromatic rings. The number of carbonyl (C=O) groups is 1. The van der Waals surface area contributed by atoms with Crippen molar-refractivity contribution >= 4 is 21.6 Å². The summed E-state index contributed by atoms with van der Waals surface area (Å²) in [5.41, 5.74) is 1.15. The normalized spacial score (nSPS) is 19.5. The first-order chi connectivity index (χ1) is 12.3. The molecule has 0 radical (unpaired) electrons. The summed E-state index contributed by atoms with van der Waals surface area (Å²) in [7, 11) is -2.48. The van der Waals surface area contributed by atoms with Crippen LogP contribution in [0.15, 0.2) is 47.4 Å². The van der Waals surface area contributed by atoms with E-state index in [9.17, 15) is 17.6 Å². The fourth-order valence-electron chi connectivity index (χ4n) is 3.11. The Balaban J connectivity index is 1.80. The average molecular weight is 378 g/mol. The van der Waals surface area contributed by atoms with Gasteiger partial charge in [-0.2, -0.15) is 0 Å². The molecule has 6 nitrogen and oxygen atoms in total. The van der Waals surface area contributed by atoms with Gasteiger partial charge in [-0.15, -0.1) is 0 Å². The molecule has 1 fully saturated rings. The number of amides is 1. The van der Waals surface area contributed by atoms with Crippen molar-refractivity contribution in [3.63, 3.8) is 0 Å². The van der Waals surface area contributed by atoms with E-state index < -0.39 is 10.0 Å². The second kappa shape index (κ2) is 7.05. The van der Waals surface area contributed by atoms with E-state index in [1.165, 1.54) is 37.4 Å². The Morgan fingerprint density at radius 2 is 1.88 bits per heavy atom. The van der Waals surface area contributed by atoms with Crippen LogP contribution in [-0.4, -0.2) is 21.4 Å². The number of hydrogen-bond donors (Lipinski definition) is 2. The van der Waals surface area contributed by atoms with Crippen molar-refractivity contribution in [3.05, 3.63) is 53.8 Å². The zero-order valence-electron chi connectivity index (χ0n) is 14.1. The number of nitrogens with one attached hydrogen (secondary N) is 1. The van der Waals surface area contributed by atoms with Gasteiger partial charge in [-0.3, -0.25) is 4.79 Å². The Bertz CT molecular complexity index is 929. The van der Waals surface area contributed by atoms with Crippen molar-refractivity contribution in [2.75, 3.05) is 12.4 Å². The summed E-state index contributed by atoms with van der Waals surface area (Å²) in [5, 5.41) is 7.87. The minimum atomic E-state index is -3.90. The van der Waals surface area contributed by atoms with E-state index in [1.807, 2.05) is 0 Å². The monoisotopic (exact) mass is 378 g/mol. The summed E-state index contributed by atoms with van der Waals surface area (Å²) in [6.07, 6.45) is 1.53. The molecule has 2 unspecified atom stereocenters. The van der Waals surface area contributed by atoms with E-state index in [2.05, 4.69) is 5.32 Å². The van der Waals surface area contributed by atoms with Crippen LogP contribution in [0.4, 0.5) is 10.1 Å². The molecule has 0 saturated heterocycles. The molecule has 0 heterocycles. The van der Waals surface area contributed by atoms with Crippen molar-refractivity contribution in [2.45, 2.75) is 23.7 Å². The molecular weight excluding hydrogens is 359 g/mol. The van der Waals surface area contributed by atoms with Gasteiger partial charge >= 0.3 is 0 Å². The van der Waals surface area contributed by atoms with Crippen molar-refractivity contribution in [2.24, 2.45) is 11.1 Å². The van der Waals surface area contributed by atoms with Gasteiger partial charge in [0.15, 0.2) is 0 Å². The molecule has 0 aromatic heterocycles. The number of halogens is 1. The van der Waals surface area contributed by atoms with Crippen LogP contribution in [0.5, 0.6) is 5.75 Å². The number of methoxy groups -OCH3 is 1. The van der Waals surface area contributed by atoms with Gasteiger partial charge in [0.1, 0.15) is 11.6 Å². The zero-order chi connectivity index (χ0) is 18.9. The first kappa shape index (κ1) is 18.3. The fraction of sp³-hybridized carbons (Fsp3) is 0.278. The highest BCUT2D eigenvalue weighted by Crippen LogP contribution is 2.43. The second-order valence-electron chi connectivity index (χ2n) is 6.24. The molecule has 2 atom stereocenters. The number of sulfonamides is 1. The van der Waals surface area contributed by atoms with Crippen LogP contribution in [-0.2, 0) is 14.8 Å². The van der Waals surface area contributed by atoms with Crippen LogP contribution in [0.25, 0.3) is 0 Å². The van der Waals surface area contributed by atoms with Gasteiger partial charge in [0, 0.05) is 5.92 Å². The molecule has 0 aliphatic heterocycles. The molecule has 1 saturated carbocycles. The lowest BCUT2D eigenvalue weighted by Crippen LogP contribution is -2.35. The average Bonchev–Trinajstić information content (AvgIpc) is 2.55. The number of ether oxygens (including phenoxy) is 1. The van der Waals surface area contributed by atoms with E-state index in [1.54, 1.807) is 12.1 Å². The highest BCUT2D eigenvalue weighted by Gasteiger charge is 2.37. The van der Waals surface area contributed by atoms with Gasteiger partial charge < -0.3 is 10.1 Å². The van der Waals surface area contributed by atoms with Crippen molar-refractivity contribution in [3.8, 4) is 5.75 Å². The number of nitrogens with two attached hydrogens (primary N) is 1. The Morgan fingerprint density at radius 1 is 1.19 bits per heavy atom. The standard InChI is InChI=1S/C18H19FN2O4S/c1-25-17-9-6-13(26(20,23)24)10-16(17)21-18(22)15-8-7-14(15)11-2-4-12(19)5-3-11/h2-6,9-10,14-15H,7-8H2,1H3,(H,21,22)(H2,20,23,24). The molecule has 2 aromatic carbocycles. The van der Waals surface area contributed by atoms with Crippen LogP contribution in [0.2, 0.25) is 0 Å². The maximum absolute atomic E-state index is 13.1. The van der Waals surface area contributed by atoms with Gasteiger partial charge in [-0.1, -0.05) is 12.1 Å². The molecule has 8 heteroatoms. The molecular formula is C18H19FN2O4S. The van der Waals surface area contributed by atoms with E-state index in [0.717, 1.165) is 12.0 Å². The molecule has 3 N–H and O–H groups in total. The van der Waals surface area contributed by atoms with Gasteiger partial charge in [-0.05, 0) is 54.7 Å². The Labute approximate surface area is 151 Å². The largest absolute Gasteiger partial charge is 0.495 e. The van der Waals surface area contributed by atoms with E-state index >= 15 is 0 Å². The van der Waals surface area contributed by atoms with E-state index in [4.69, 9.17) is 9.88 Å². The van der Waals surface area contributed by atoms with Crippen LogP contribution in [0.1, 0.15) is 24.3 Å². The minimum Gasteiger partial charge on any atom is -0.495 e. The number of benzene rings is 2. The number of carbonyl (C=O) groups excluding carboxylic acids is 1. The lowest BCUT2D eigenvalue weighted by Gasteiger charge is -2.36. The number of anilines is 1. The maximum atomic E-state index is 13.1. The zero-order valence-corrected chi connectivity index (χ0v) is 14.9.